The summed E-state index contributed by atoms with van der Waals surface area (Å²) in [6.45, 7) is -0.0961. The summed E-state index contributed by atoms with van der Waals surface area (Å²) in [7, 11) is 0. The normalized spacial score (nSPS) is 11.5. The van der Waals surface area contributed by atoms with Gasteiger partial charge in [0.2, 0.25) is 0 Å². The average molecular weight is 391 g/mol. The summed E-state index contributed by atoms with van der Waals surface area (Å²) in [6, 6.07) is 8.91. The zero-order chi connectivity index (χ0) is 16.8. The molecule has 0 aliphatic rings. The number of nitrogens with zero attached hydrogens (tertiary/aromatic N) is 4. The maximum absolute atomic E-state index is 14.4. The van der Waals surface area contributed by atoms with Gasteiger partial charge in [-0.15, -0.1) is 0 Å². The van der Waals surface area contributed by atoms with Gasteiger partial charge in [-0.25, -0.2) is 14.4 Å². The largest absolute Gasteiger partial charge is 0.298 e. The molecule has 2 aromatic carbocycles. The first-order valence-corrected chi connectivity index (χ1v) is 7.80. The van der Waals surface area contributed by atoms with E-state index in [1.54, 1.807) is 18.2 Å². The lowest BCUT2D eigenvalue weighted by atomic mass is 10.3. The number of aromatic nitrogens is 4. The molecule has 0 N–H and O–H groups in total. The number of halogens is 3. The molecule has 0 atom stereocenters. The highest BCUT2D eigenvalue weighted by Gasteiger charge is 2.14. The van der Waals surface area contributed by atoms with Crippen LogP contribution in [0.1, 0.15) is 5.82 Å². The fourth-order valence-corrected chi connectivity index (χ4v) is 2.96. The van der Waals surface area contributed by atoms with Gasteiger partial charge in [-0.3, -0.25) is 9.36 Å². The number of imidazole rings is 1. The Bertz CT molecular complexity index is 1150. The van der Waals surface area contributed by atoms with Gasteiger partial charge in [-0.1, -0.05) is 20.4 Å². The average Bonchev–Trinajstić information content (AvgIpc) is 2.85. The van der Waals surface area contributed by atoms with Crippen LogP contribution in [-0.4, -0.2) is 19.3 Å². The minimum atomic E-state index is -0.498. The summed E-state index contributed by atoms with van der Waals surface area (Å²) in [5.41, 5.74) is 1.12. The van der Waals surface area contributed by atoms with Crippen molar-refractivity contribution in [1.82, 2.24) is 19.3 Å². The summed E-state index contributed by atoms with van der Waals surface area (Å²) in [4.78, 5) is 20.7. The summed E-state index contributed by atoms with van der Waals surface area (Å²) in [6.07, 6.45) is 1.18. The van der Waals surface area contributed by atoms with Gasteiger partial charge in [0.1, 0.15) is 11.3 Å². The van der Waals surface area contributed by atoms with Gasteiger partial charge in [-0.2, -0.15) is 4.79 Å². The van der Waals surface area contributed by atoms with Crippen molar-refractivity contribution in [2.24, 2.45) is 0 Å². The van der Waals surface area contributed by atoms with Gasteiger partial charge in [0, 0.05) is 10.5 Å². The molecule has 2 heterocycles. The van der Waals surface area contributed by atoms with E-state index in [0.29, 0.717) is 15.8 Å². The highest BCUT2D eigenvalue weighted by Crippen LogP contribution is 2.20. The van der Waals surface area contributed by atoms with Crippen molar-refractivity contribution in [3.05, 3.63) is 69.1 Å². The van der Waals surface area contributed by atoms with Crippen molar-refractivity contribution in [1.29, 1.82) is 0 Å². The number of fused-ring (bicyclic) bond motifs is 2. The number of hydrogen-bond donors (Lipinski definition) is 0. The molecule has 0 amide bonds. The molecule has 0 radical (unpaired) electrons. The summed E-state index contributed by atoms with van der Waals surface area (Å²) in [5, 5.41) is 0. The fraction of sp³-hybridized carbons (Fsp3) is 0.0625. The standard InChI is InChI=1S/C16H9BrF2N4O/c17-9-1-3-11-14(5-9)22(16(24)7-20-11)8-15-21-12-6-10(18)2-4-13(12)23(15)19/h1-7H,8H2. The first-order chi connectivity index (χ1) is 11.5. The lowest BCUT2D eigenvalue weighted by molar-refractivity contribution is 0.362. The Morgan fingerprint density at radius 2 is 1.92 bits per heavy atom. The van der Waals surface area contributed by atoms with E-state index < -0.39 is 5.82 Å². The minimum Gasteiger partial charge on any atom is -0.298 e. The van der Waals surface area contributed by atoms with E-state index in [0.717, 1.165) is 16.6 Å². The summed E-state index contributed by atoms with van der Waals surface area (Å²) < 4.78 is 29.9. The minimum absolute atomic E-state index is 0.00479. The van der Waals surface area contributed by atoms with Crippen LogP contribution in [0.3, 0.4) is 0 Å². The van der Waals surface area contributed by atoms with Gasteiger partial charge in [0.05, 0.1) is 29.3 Å². The topological polar surface area (TPSA) is 52.7 Å². The van der Waals surface area contributed by atoms with Crippen LogP contribution in [0.2, 0.25) is 0 Å². The Labute approximate surface area is 142 Å². The molecule has 0 fully saturated rings. The molecule has 4 aromatic rings. The summed E-state index contributed by atoms with van der Waals surface area (Å²) in [5.74, 6) is -0.493. The second-order valence-electron chi connectivity index (χ2n) is 5.26. The van der Waals surface area contributed by atoms with Crippen LogP contribution < -0.4 is 5.56 Å². The smallest absolute Gasteiger partial charge is 0.269 e. The van der Waals surface area contributed by atoms with E-state index in [2.05, 4.69) is 25.9 Å². The maximum atomic E-state index is 14.4. The molecule has 0 unspecified atom stereocenters. The molecule has 0 bridgehead atoms. The van der Waals surface area contributed by atoms with Crippen LogP contribution in [0, 0.1) is 5.82 Å². The molecule has 0 spiro atoms. The van der Waals surface area contributed by atoms with Crippen LogP contribution in [-0.2, 0) is 6.54 Å². The Morgan fingerprint density at radius 3 is 2.75 bits per heavy atom. The van der Waals surface area contributed by atoms with Crippen LogP contribution in [0.4, 0.5) is 8.87 Å². The third-order valence-electron chi connectivity index (χ3n) is 3.73. The Balaban J connectivity index is 1.91. The predicted octanol–water partition coefficient (Wildman–Crippen LogP) is 3.43. The van der Waals surface area contributed by atoms with Crippen molar-refractivity contribution in [2.45, 2.75) is 6.54 Å². The highest BCUT2D eigenvalue weighted by atomic mass is 79.9. The van der Waals surface area contributed by atoms with Crippen molar-refractivity contribution < 1.29 is 8.87 Å². The van der Waals surface area contributed by atoms with Crippen LogP contribution in [0.15, 0.2) is 51.9 Å². The molecule has 5 nitrogen and oxygen atoms in total. The third kappa shape index (κ3) is 2.39. The van der Waals surface area contributed by atoms with Crippen molar-refractivity contribution in [3.63, 3.8) is 0 Å². The number of rotatable bonds is 2. The molecule has 0 aliphatic heterocycles. The van der Waals surface area contributed by atoms with Gasteiger partial charge in [-0.05, 0) is 30.3 Å². The molecule has 2 aromatic heterocycles. The van der Waals surface area contributed by atoms with Gasteiger partial charge in [0.25, 0.3) is 5.56 Å². The summed E-state index contributed by atoms with van der Waals surface area (Å²) >= 11 is 3.35. The van der Waals surface area contributed by atoms with Crippen molar-refractivity contribution in [2.75, 3.05) is 0 Å². The Morgan fingerprint density at radius 1 is 1.08 bits per heavy atom. The van der Waals surface area contributed by atoms with Crippen LogP contribution >= 0.6 is 15.9 Å². The number of benzene rings is 2. The van der Waals surface area contributed by atoms with Gasteiger partial charge < -0.3 is 0 Å². The molecule has 8 heteroatoms. The van der Waals surface area contributed by atoms with Gasteiger partial charge in [0.15, 0.2) is 5.82 Å². The molecule has 0 saturated heterocycles. The highest BCUT2D eigenvalue weighted by molar-refractivity contribution is 9.10. The SMILES string of the molecule is O=c1cnc2ccc(Br)cc2n1Cc1nc2cc(F)ccc2n1F. The van der Waals surface area contributed by atoms with Crippen molar-refractivity contribution >= 4 is 38.0 Å². The van der Waals surface area contributed by atoms with Gasteiger partial charge >= 0.3 is 0 Å². The monoisotopic (exact) mass is 390 g/mol. The van der Waals surface area contributed by atoms with E-state index >= 15 is 0 Å². The lowest BCUT2D eigenvalue weighted by Gasteiger charge is -2.08. The van der Waals surface area contributed by atoms with Crippen molar-refractivity contribution in [3.8, 4) is 0 Å². The van der Waals surface area contributed by atoms with E-state index in [1.165, 1.54) is 16.8 Å². The first kappa shape index (κ1) is 14.9. The molecule has 24 heavy (non-hydrogen) atoms. The molecular formula is C16H9BrF2N4O. The van der Waals surface area contributed by atoms with E-state index in [1.807, 2.05) is 0 Å². The lowest BCUT2D eigenvalue weighted by Crippen LogP contribution is -2.22. The first-order valence-electron chi connectivity index (χ1n) is 7.01. The quantitative estimate of drug-likeness (QED) is 0.526. The second-order valence-corrected chi connectivity index (χ2v) is 6.17. The predicted molar refractivity (Wildman–Crippen MR) is 89.0 cm³/mol. The van der Waals surface area contributed by atoms with E-state index in [-0.39, 0.29) is 29.0 Å². The fourth-order valence-electron chi connectivity index (χ4n) is 2.61. The Kier molecular flexibility index (Phi) is 3.42. The molecule has 120 valence electrons. The number of hydrogen-bond acceptors (Lipinski definition) is 3. The van der Waals surface area contributed by atoms with E-state index in [9.17, 15) is 13.7 Å². The van der Waals surface area contributed by atoms with Crippen LogP contribution in [0.25, 0.3) is 22.1 Å². The molecular weight excluding hydrogens is 382 g/mol. The second kappa shape index (κ2) is 5.48. The third-order valence-corrected chi connectivity index (χ3v) is 4.23. The molecule has 4 rings (SSSR count). The Hall–Kier alpha value is -2.61. The van der Waals surface area contributed by atoms with E-state index in [4.69, 9.17) is 0 Å². The maximum Gasteiger partial charge on any atom is 0.269 e. The zero-order valence-electron chi connectivity index (χ0n) is 12.1. The zero-order valence-corrected chi connectivity index (χ0v) is 13.7. The van der Waals surface area contributed by atoms with Crippen LogP contribution in [0.5, 0.6) is 0 Å². The molecule has 0 saturated carbocycles. The molecule has 0 aliphatic carbocycles.